The molecule has 2 unspecified atom stereocenters. The molecule has 0 spiro atoms. The Balaban J connectivity index is 1.81. The quantitative estimate of drug-likeness (QED) is 0.397. The molecule has 0 heterocycles. The largest absolute Gasteiger partial charge is 0.374 e. The van der Waals surface area contributed by atoms with Gasteiger partial charge in [0.05, 0.1) is 12.2 Å². The van der Waals surface area contributed by atoms with E-state index in [9.17, 15) is 0 Å². The average molecular weight is 336 g/mol. The topological polar surface area (TPSA) is 9.23 Å². The van der Waals surface area contributed by atoms with Crippen LogP contribution in [-0.2, 0) is 4.74 Å². The number of hydrogen-bond acceptors (Lipinski definition) is 1. The molecular weight excluding hydrogens is 311 g/mol. The second-order valence-electron chi connectivity index (χ2n) is 5.44. The van der Waals surface area contributed by atoms with Crippen molar-refractivity contribution < 1.29 is 4.74 Å². The fourth-order valence-electron chi connectivity index (χ4n) is 3.01. The smallest absolute Gasteiger partial charge is 0.0696 e. The van der Waals surface area contributed by atoms with Crippen LogP contribution in [0.4, 0.5) is 0 Å². The highest BCUT2D eigenvalue weighted by atomic mass is 127. The Morgan fingerprint density at radius 1 is 0.688 bits per heavy atom. The lowest BCUT2D eigenvalue weighted by molar-refractivity contribution is -0.0207. The van der Waals surface area contributed by atoms with Crippen molar-refractivity contribution in [2.75, 3.05) is 0 Å². The van der Waals surface area contributed by atoms with Gasteiger partial charge in [-0.25, -0.2) is 0 Å². The van der Waals surface area contributed by atoms with Gasteiger partial charge in [-0.2, -0.15) is 0 Å². The monoisotopic (exact) mass is 336 g/mol. The van der Waals surface area contributed by atoms with Crippen LogP contribution in [0.15, 0.2) is 0 Å². The van der Waals surface area contributed by atoms with Crippen LogP contribution in [0.2, 0.25) is 0 Å². The van der Waals surface area contributed by atoms with E-state index < -0.39 is 0 Å². The molecule has 0 radical (unpaired) electrons. The maximum atomic E-state index is 6.40. The van der Waals surface area contributed by atoms with Crippen molar-refractivity contribution in [2.24, 2.45) is 0 Å². The second-order valence-corrected chi connectivity index (χ2v) is 7.04. The molecule has 94 valence electrons. The van der Waals surface area contributed by atoms with Crippen LogP contribution < -0.4 is 0 Å². The summed E-state index contributed by atoms with van der Waals surface area (Å²) in [7, 11) is 0. The second kappa shape index (κ2) is 7.20. The molecule has 1 nitrogen and oxygen atoms in total. The molecule has 2 heteroatoms. The van der Waals surface area contributed by atoms with Crippen LogP contribution in [0.5, 0.6) is 0 Å². The summed E-state index contributed by atoms with van der Waals surface area (Å²) in [5.41, 5.74) is 0. The number of alkyl halides is 1. The lowest BCUT2D eigenvalue weighted by Crippen LogP contribution is -2.28. The molecule has 0 aromatic heterocycles. The fourth-order valence-corrected chi connectivity index (χ4v) is 3.98. The zero-order chi connectivity index (χ0) is 11.2. The molecule has 0 aromatic rings. The van der Waals surface area contributed by atoms with E-state index in [1.165, 1.54) is 70.6 Å². The van der Waals surface area contributed by atoms with Crippen LogP contribution in [0.1, 0.15) is 70.6 Å². The third kappa shape index (κ3) is 4.17. The van der Waals surface area contributed by atoms with Gasteiger partial charge < -0.3 is 4.74 Å². The van der Waals surface area contributed by atoms with Gasteiger partial charge in [0.1, 0.15) is 0 Å². The van der Waals surface area contributed by atoms with Gasteiger partial charge in [0, 0.05) is 3.92 Å². The van der Waals surface area contributed by atoms with Crippen LogP contribution in [0.3, 0.4) is 0 Å². The van der Waals surface area contributed by atoms with E-state index in [4.69, 9.17) is 4.74 Å². The molecule has 2 atom stereocenters. The van der Waals surface area contributed by atoms with Crippen molar-refractivity contribution in [1.82, 2.24) is 0 Å². The lowest BCUT2D eigenvalue weighted by atomic mass is 10.1. The van der Waals surface area contributed by atoms with E-state index in [1.54, 1.807) is 0 Å². The molecule has 0 aromatic carbocycles. The van der Waals surface area contributed by atoms with Gasteiger partial charge in [-0.3, -0.25) is 0 Å². The Morgan fingerprint density at radius 2 is 1.25 bits per heavy atom. The number of ether oxygens (including phenoxy) is 1. The summed E-state index contributed by atoms with van der Waals surface area (Å²) in [5, 5.41) is 0. The third-order valence-electron chi connectivity index (χ3n) is 4.04. The van der Waals surface area contributed by atoms with E-state index in [0.717, 1.165) is 3.92 Å². The molecule has 0 N–H and O–H groups in total. The van der Waals surface area contributed by atoms with Crippen molar-refractivity contribution in [1.29, 1.82) is 0 Å². The van der Waals surface area contributed by atoms with E-state index >= 15 is 0 Å². The summed E-state index contributed by atoms with van der Waals surface area (Å²) >= 11 is 2.62. The highest BCUT2D eigenvalue weighted by Crippen LogP contribution is 2.30. The SMILES string of the molecule is IC1CCCCCC1OC1CCCCCC1. The lowest BCUT2D eigenvalue weighted by Gasteiger charge is -2.26. The van der Waals surface area contributed by atoms with E-state index in [1.807, 2.05) is 0 Å². The van der Waals surface area contributed by atoms with Gasteiger partial charge in [-0.05, 0) is 25.7 Å². The fraction of sp³-hybridized carbons (Fsp3) is 1.00. The molecular formula is C14H25IO. The van der Waals surface area contributed by atoms with Gasteiger partial charge in [0.2, 0.25) is 0 Å². The minimum Gasteiger partial charge on any atom is -0.374 e. The Hall–Kier alpha value is 0.690. The van der Waals surface area contributed by atoms with Crippen LogP contribution in [0, 0.1) is 0 Å². The summed E-state index contributed by atoms with van der Waals surface area (Å²) in [6.45, 7) is 0. The molecule has 2 aliphatic carbocycles. The van der Waals surface area contributed by atoms with Crippen molar-refractivity contribution in [2.45, 2.75) is 86.8 Å². The highest BCUT2D eigenvalue weighted by molar-refractivity contribution is 14.1. The maximum absolute atomic E-state index is 6.40. The van der Waals surface area contributed by atoms with Crippen LogP contribution >= 0.6 is 22.6 Å². The first-order chi connectivity index (χ1) is 7.86. The van der Waals surface area contributed by atoms with E-state index in [-0.39, 0.29) is 0 Å². The minimum atomic E-state index is 0.561. The Bertz CT molecular complexity index is 187. The van der Waals surface area contributed by atoms with Crippen LogP contribution in [-0.4, -0.2) is 16.1 Å². The molecule has 2 aliphatic rings. The van der Waals surface area contributed by atoms with Gasteiger partial charge in [0.15, 0.2) is 0 Å². The summed E-state index contributed by atoms with van der Waals surface area (Å²) in [4.78, 5) is 0. The highest BCUT2D eigenvalue weighted by Gasteiger charge is 2.25. The van der Waals surface area contributed by atoms with Crippen LogP contribution in [0.25, 0.3) is 0 Å². The first-order valence-electron chi connectivity index (χ1n) is 7.16. The Labute approximate surface area is 114 Å². The van der Waals surface area contributed by atoms with Crippen molar-refractivity contribution in [3.63, 3.8) is 0 Å². The summed E-state index contributed by atoms with van der Waals surface area (Å²) in [5.74, 6) is 0. The molecule has 0 saturated heterocycles. The third-order valence-corrected chi connectivity index (χ3v) is 5.47. The maximum Gasteiger partial charge on any atom is 0.0696 e. The standard InChI is InChI=1S/C14H25IO/c15-13-10-6-3-7-11-14(13)16-12-8-4-1-2-5-9-12/h12-14H,1-11H2. The normalized spacial score (nSPS) is 34.3. The predicted molar refractivity (Wildman–Crippen MR) is 77.3 cm³/mol. The zero-order valence-corrected chi connectivity index (χ0v) is 12.5. The molecule has 0 aliphatic heterocycles. The first-order valence-corrected chi connectivity index (χ1v) is 8.40. The average Bonchev–Trinajstić information content (AvgIpc) is 2.64. The van der Waals surface area contributed by atoms with Gasteiger partial charge in [-0.15, -0.1) is 0 Å². The summed E-state index contributed by atoms with van der Waals surface area (Å²) in [6.07, 6.45) is 16.3. The Kier molecular flexibility index (Phi) is 5.91. The zero-order valence-electron chi connectivity index (χ0n) is 10.3. The van der Waals surface area contributed by atoms with Gasteiger partial charge in [0.25, 0.3) is 0 Å². The minimum absolute atomic E-state index is 0.561. The predicted octanol–water partition coefficient (Wildman–Crippen LogP) is 4.86. The Morgan fingerprint density at radius 3 is 2.00 bits per heavy atom. The molecule has 2 rings (SSSR count). The molecule has 16 heavy (non-hydrogen) atoms. The molecule has 0 amide bonds. The van der Waals surface area contributed by atoms with E-state index in [0.29, 0.717) is 12.2 Å². The van der Waals surface area contributed by atoms with E-state index in [2.05, 4.69) is 22.6 Å². The number of hydrogen-bond donors (Lipinski definition) is 0. The summed E-state index contributed by atoms with van der Waals surface area (Å²) < 4.78 is 7.16. The van der Waals surface area contributed by atoms with Crippen molar-refractivity contribution >= 4 is 22.6 Å². The van der Waals surface area contributed by atoms with Gasteiger partial charge in [-0.1, -0.05) is 67.5 Å². The first kappa shape index (κ1) is 13.1. The molecule has 2 fully saturated rings. The van der Waals surface area contributed by atoms with Gasteiger partial charge >= 0.3 is 0 Å². The molecule has 0 bridgehead atoms. The number of halogens is 1. The summed E-state index contributed by atoms with van der Waals surface area (Å²) in [6, 6.07) is 0. The van der Waals surface area contributed by atoms with Crippen molar-refractivity contribution in [3.05, 3.63) is 0 Å². The number of rotatable bonds is 2. The van der Waals surface area contributed by atoms with Crippen molar-refractivity contribution in [3.8, 4) is 0 Å². The molecule has 2 saturated carbocycles.